The van der Waals surface area contributed by atoms with Crippen LogP contribution in [0.5, 0.6) is 0 Å². The van der Waals surface area contributed by atoms with Crippen molar-refractivity contribution in [2.24, 2.45) is 0 Å². The van der Waals surface area contributed by atoms with Gasteiger partial charge in [0.05, 0.1) is 11.1 Å². The smallest absolute Gasteiger partial charge is 0.340 e. The molecule has 5 heteroatoms. The number of esters is 2. The predicted molar refractivity (Wildman–Crippen MR) is 109 cm³/mol. The average molecular weight is 390 g/mol. The summed E-state index contributed by atoms with van der Waals surface area (Å²) in [6, 6.07) is 21.9. The average Bonchev–Trinajstić information content (AvgIpc) is 2.76. The van der Waals surface area contributed by atoms with Gasteiger partial charge in [0.15, 0.2) is 6.79 Å². The highest BCUT2D eigenvalue weighted by Crippen LogP contribution is 2.29. The number of benzene rings is 3. The molecule has 0 heterocycles. The van der Waals surface area contributed by atoms with Crippen molar-refractivity contribution in [3.8, 4) is 11.1 Å². The molecule has 0 saturated carbocycles. The molecule has 0 aliphatic rings. The van der Waals surface area contributed by atoms with Gasteiger partial charge in [0.2, 0.25) is 0 Å². The lowest BCUT2D eigenvalue weighted by Crippen LogP contribution is -2.11. The molecule has 29 heavy (non-hydrogen) atoms. The largest absolute Gasteiger partial charge is 0.457 e. The van der Waals surface area contributed by atoms with Crippen molar-refractivity contribution >= 4 is 11.9 Å². The Balaban J connectivity index is 1.93. The summed E-state index contributed by atoms with van der Waals surface area (Å²) in [5, 5.41) is 0. The molecule has 148 valence electrons. The van der Waals surface area contributed by atoms with Crippen molar-refractivity contribution in [3.05, 3.63) is 95.1 Å². The third-order valence-corrected chi connectivity index (χ3v) is 4.35. The van der Waals surface area contributed by atoms with Gasteiger partial charge in [-0.1, -0.05) is 66.2 Å². The lowest BCUT2D eigenvalue weighted by molar-refractivity contribution is -0.0124. The van der Waals surface area contributed by atoms with E-state index in [-0.39, 0.29) is 13.4 Å². The number of aryl methyl sites for hydroxylation is 1. The van der Waals surface area contributed by atoms with Crippen molar-refractivity contribution in [1.82, 2.24) is 0 Å². The predicted octanol–water partition coefficient (Wildman–Crippen LogP) is 4.78. The molecule has 0 saturated heterocycles. The van der Waals surface area contributed by atoms with Crippen LogP contribution in [0, 0.1) is 6.92 Å². The molecule has 3 aromatic carbocycles. The SMILES string of the molecule is COCOC(=O)c1ccccc1-c1ccc(C)cc1C(=O)OCc1ccccc1. The Kier molecular flexibility index (Phi) is 6.76. The molecule has 5 nitrogen and oxygen atoms in total. The molecule has 0 N–H and O–H groups in total. The standard InChI is InChI=1S/C24H22O5/c1-17-12-13-20(19-10-6-7-11-21(19)23(25)29-16-27-2)22(14-17)24(26)28-15-18-8-4-3-5-9-18/h3-14H,15-16H2,1-2H3. The van der Waals surface area contributed by atoms with E-state index in [9.17, 15) is 9.59 Å². The van der Waals surface area contributed by atoms with Crippen LogP contribution in [0.25, 0.3) is 11.1 Å². The maximum atomic E-state index is 12.9. The lowest BCUT2D eigenvalue weighted by atomic mass is 9.94. The highest BCUT2D eigenvalue weighted by Gasteiger charge is 2.20. The maximum Gasteiger partial charge on any atom is 0.340 e. The van der Waals surface area contributed by atoms with Crippen LogP contribution in [0.2, 0.25) is 0 Å². The monoisotopic (exact) mass is 390 g/mol. The van der Waals surface area contributed by atoms with Crippen molar-refractivity contribution in [3.63, 3.8) is 0 Å². The highest BCUT2D eigenvalue weighted by atomic mass is 16.7. The summed E-state index contributed by atoms with van der Waals surface area (Å²) < 4.78 is 15.4. The van der Waals surface area contributed by atoms with Crippen LogP contribution in [0.3, 0.4) is 0 Å². The second kappa shape index (κ2) is 9.66. The van der Waals surface area contributed by atoms with Gasteiger partial charge in [0.1, 0.15) is 6.61 Å². The van der Waals surface area contributed by atoms with Gasteiger partial charge in [-0.25, -0.2) is 9.59 Å². The minimum Gasteiger partial charge on any atom is -0.457 e. The zero-order valence-corrected chi connectivity index (χ0v) is 16.4. The van der Waals surface area contributed by atoms with Crippen molar-refractivity contribution in [2.75, 3.05) is 13.9 Å². The van der Waals surface area contributed by atoms with E-state index >= 15 is 0 Å². The molecule has 0 bridgehead atoms. The van der Waals surface area contributed by atoms with E-state index in [1.807, 2.05) is 49.4 Å². The molecule has 0 amide bonds. The van der Waals surface area contributed by atoms with Gasteiger partial charge in [0.25, 0.3) is 0 Å². The van der Waals surface area contributed by atoms with Crippen LogP contribution >= 0.6 is 0 Å². The molecule has 0 aliphatic carbocycles. The fourth-order valence-corrected chi connectivity index (χ4v) is 2.95. The third-order valence-electron chi connectivity index (χ3n) is 4.35. The molecule has 0 aliphatic heterocycles. The van der Waals surface area contributed by atoms with Gasteiger partial charge in [-0.05, 0) is 35.7 Å². The highest BCUT2D eigenvalue weighted by molar-refractivity contribution is 6.03. The molecule has 0 aromatic heterocycles. The van der Waals surface area contributed by atoms with Gasteiger partial charge >= 0.3 is 11.9 Å². The summed E-state index contributed by atoms with van der Waals surface area (Å²) >= 11 is 0. The van der Waals surface area contributed by atoms with E-state index < -0.39 is 11.9 Å². The Bertz CT molecular complexity index is 995. The Hall–Kier alpha value is -3.44. The molecule has 0 fully saturated rings. The minimum absolute atomic E-state index is 0.146. The van der Waals surface area contributed by atoms with Crippen molar-refractivity contribution in [2.45, 2.75) is 13.5 Å². The summed E-state index contributed by atoms with van der Waals surface area (Å²) in [5.74, 6) is -0.973. The topological polar surface area (TPSA) is 61.8 Å². The van der Waals surface area contributed by atoms with E-state index in [0.29, 0.717) is 22.3 Å². The van der Waals surface area contributed by atoms with Gasteiger partial charge in [0, 0.05) is 7.11 Å². The van der Waals surface area contributed by atoms with Crippen LogP contribution in [0.1, 0.15) is 31.8 Å². The Morgan fingerprint density at radius 2 is 1.41 bits per heavy atom. The van der Waals surface area contributed by atoms with Crippen molar-refractivity contribution in [1.29, 1.82) is 0 Å². The zero-order chi connectivity index (χ0) is 20.6. The number of methoxy groups -OCH3 is 1. The quantitative estimate of drug-likeness (QED) is 0.429. The fourth-order valence-electron chi connectivity index (χ4n) is 2.95. The van der Waals surface area contributed by atoms with Crippen LogP contribution in [0.15, 0.2) is 72.8 Å². The minimum atomic E-state index is -0.522. The molecular formula is C24H22O5. The van der Waals surface area contributed by atoms with Crippen molar-refractivity contribution < 1.29 is 23.8 Å². The zero-order valence-electron chi connectivity index (χ0n) is 16.4. The molecule has 0 unspecified atom stereocenters. The van der Waals surface area contributed by atoms with Crippen LogP contribution in [-0.4, -0.2) is 25.8 Å². The van der Waals surface area contributed by atoms with Gasteiger partial charge in [-0.3, -0.25) is 0 Å². The number of rotatable bonds is 7. The molecule has 0 spiro atoms. The van der Waals surface area contributed by atoms with E-state index in [1.165, 1.54) is 7.11 Å². The van der Waals surface area contributed by atoms with Crippen LogP contribution in [0.4, 0.5) is 0 Å². The van der Waals surface area contributed by atoms with Gasteiger partial charge < -0.3 is 14.2 Å². The fraction of sp³-hybridized carbons (Fsp3) is 0.167. The number of carbonyl (C=O) groups is 2. The van der Waals surface area contributed by atoms with Crippen LogP contribution in [-0.2, 0) is 20.8 Å². The van der Waals surface area contributed by atoms with E-state index in [2.05, 4.69) is 0 Å². The first-order valence-electron chi connectivity index (χ1n) is 9.17. The van der Waals surface area contributed by atoms with Gasteiger partial charge in [-0.2, -0.15) is 0 Å². The Morgan fingerprint density at radius 3 is 2.17 bits per heavy atom. The first kappa shape index (κ1) is 20.3. The molecule has 0 radical (unpaired) electrons. The number of carbonyl (C=O) groups excluding carboxylic acids is 2. The molecule has 3 aromatic rings. The Morgan fingerprint density at radius 1 is 0.759 bits per heavy atom. The van der Waals surface area contributed by atoms with Gasteiger partial charge in [-0.15, -0.1) is 0 Å². The summed E-state index contributed by atoms with van der Waals surface area (Å²) in [6.07, 6.45) is 0. The summed E-state index contributed by atoms with van der Waals surface area (Å²) in [4.78, 5) is 25.3. The summed E-state index contributed by atoms with van der Waals surface area (Å²) in [5.41, 5.74) is 3.77. The molecule has 0 atom stereocenters. The van der Waals surface area contributed by atoms with Crippen LogP contribution < -0.4 is 0 Å². The summed E-state index contributed by atoms with van der Waals surface area (Å²) in [7, 11) is 1.44. The van der Waals surface area contributed by atoms with E-state index in [0.717, 1.165) is 11.1 Å². The molecule has 3 rings (SSSR count). The summed E-state index contributed by atoms with van der Waals surface area (Å²) in [6.45, 7) is 1.92. The normalized spacial score (nSPS) is 10.4. The second-order valence-corrected chi connectivity index (χ2v) is 6.49. The number of ether oxygens (including phenoxy) is 3. The maximum absolute atomic E-state index is 12.9. The Labute approximate surface area is 169 Å². The number of hydrogen-bond donors (Lipinski definition) is 0. The first-order valence-corrected chi connectivity index (χ1v) is 9.17. The molecular weight excluding hydrogens is 368 g/mol. The second-order valence-electron chi connectivity index (χ2n) is 6.49. The van der Waals surface area contributed by atoms with E-state index in [4.69, 9.17) is 14.2 Å². The first-order chi connectivity index (χ1) is 14.1. The van der Waals surface area contributed by atoms with E-state index in [1.54, 1.807) is 30.3 Å². The number of hydrogen-bond acceptors (Lipinski definition) is 5. The lowest BCUT2D eigenvalue weighted by Gasteiger charge is -2.14. The third kappa shape index (κ3) is 5.09.